The fraction of sp³-hybridized carbons (Fsp3) is 0.0323. The maximum Gasteiger partial charge on any atom is 0.231 e. The number of benzene rings is 4. The molecule has 1 N–H and O–H groups in total. The third-order valence-electron chi connectivity index (χ3n) is 6.10. The van der Waals surface area contributed by atoms with Gasteiger partial charge in [0.1, 0.15) is 11.3 Å². The van der Waals surface area contributed by atoms with Gasteiger partial charge >= 0.3 is 0 Å². The minimum atomic E-state index is 0.156. The minimum Gasteiger partial charge on any atom is -0.507 e. The van der Waals surface area contributed by atoms with Gasteiger partial charge in [-0.1, -0.05) is 72.8 Å². The summed E-state index contributed by atoms with van der Waals surface area (Å²) in [7, 11) is 0. The van der Waals surface area contributed by atoms with Gasteiger partial charge in [0.25, 0.3) is 0 Å². The van der Waals surface area contributed by atoms with Gasteiger partial charge in [-0.25, -0.2) is 4.98 Å². The van der Waals surface area contributed by atoms with Crippen molar-refractivity contribution in [2.75, 3.05) is 0 Å². The van der Waals surface area contributed by atoms with Crippen molar-refractivity contribution < 1.29 is 9.52 Å². The van der Waals surface area contributed by atoms with E-state index in [0.29, 0.717) is 17.0 Å². The van der Waals surface area contributed by atoms with Crippen molar-refractivity contribution in [1.82, 2.24) is 9.97 Å². The predicted octanol–water partition coefficient (Wildman–Crippen LogP) is 7.52. The highest BCUT2D eigenvalue weighted by Crippen LogP contribution is 2.36. The molecule has 0 unspecified atom stereocenters. The fourth-order valence-corrected chi connectivity index (χ4v) is 4.38. The van der Waals surface area contributed by atoms with E-state index >= 15 is 0 Å². The quantitative estimate of drug-likeness (QED) is 0.293. The van der Waals surface area contributed by atoms with Crippen LogP contribution in [0.25, 0.3) is 44.9 Å². The van der Waals surface area contributed by atoms with Crippen molar-refractivity contribution in [3.63, 3.8) is 0 Å². The first-order chi connectivity index (χ1) is 17.2. The molecule has 0 amide bonds. The molecular formula is C31H22N2O2. The molecule has 0 radical (unpaired) electrons. The standard InChI is InChI=1S/C31H22N2O2/c34-28-19-22(18-21-8-2-1-3-9-21)15-16-26(28)31-33-30-25(12-7-14-29(30)35-31)23-10-6-11-24(20-23)27-13-4-5-17-32-27/h1-17,19-20,34H,18H2. The number of rotatable bonds is 5. The summed E-state index contributed by atoms with van der Waals surface area (Å²) >= 11 is 0. The SMILES string of the molecule is Oc1cc(Cc2ccccc2)ccc1-c1nc2c(-c3cccc(-c4ccccn4)c3)cccc2o1. The largest absolute Gasteiger partial charge is 0.507 e. The van der Waals surface area contributed by atoms with Gasteiger partial charge in [-0.05, 0) is 59.5 Å². The van der Waals surface area contributed by atoms with Crippen LogP contribution in [0.5, 0.6) is 5.75 Å². The second kappa shape index (κ2) is 8.92. The van der Waals surface area contributed by atoms with Gasteiger partial charge in [0.2, 0.25) is 5.89 Å². The number of phenols is 1. The summed E-state index contributed by atoms with van der Waals surface area (Å²) in [6, 6.07) is 35.9. The summed E-state index contributed by atoms with van der Waals surface area (Å²) in [6.07, 6.45) is 2.54. The number of para-hydroxylation sites is 1. The molecule has 4 heteroatoms. The summed E-state index contributed by atoms with van der Waals surface area (Å²) in [5.74, 6) is 0.556. The Labute approximate surface area is 203 Å². The maximum absolute atomic E-state index is 10.8. The smallest absolute Gasteiger partial charge is 0.231 e. The number of oxazole rings is 1. The van der Waals surface area contributed by atoms with E-state index in [4.69, 9.17) is 9.40 Å². The molecule has 2 aromatic heterocycles. The van der Waals surface area contributed by atoms with Crippen LogP contribution in [0.4, 0.5) is 0 Å². The molecule has 0 aliphatic carbocycles. The lowest BCUT2D eigenvalue weighted by atomic mass is 10.0. The van der Waals surface area contributed by atoms with Gasteiger partial charge in [0.15, 0.2) is 5.58 Å². The van der Waals surface area contributed by atoms with Crippen LogP contribution in [0.2, 0.25) is 0 Å². The van der Waals surface area contributed by atoms with Crippen LogP contribution in [0.1, 0.15) is 11.1 Å². The van der Waals surface area contributed by atoms with Gasteiger partial charge in [-0.15, -0.1) is 0 Å². The molecule has 4 aromatic carbocycles. The zero-order valence-electron chi connectivity index (χ0n) is 18.9. The van der Waals surface area contributed by atoms with Crippen molar-refractivity contribution in [1.29, 1.82) is 0 Å². The zero-order chi connectivity index (χ0) is 23.6. The molecular weight excluding hydrogens is 432 g/mol. The van der Waals surface area contributed by atoms with E-state index in [0.717, 1.165) is 39.9 Å². The molecule has 0 aliphatic rings. The average Bonchev–Trinajstić information content (AvgIpc) is 3.34. The Morgan fingerprint density at radius 2 is 1.49 bits per heavy atom. The van der Waals surface area contributed by atoms with Gasteiger partial charge in [-0.2, -0.15) is 0 Å². The van der Waals surface area contributed by atoms with E-state index in [-0.39, 0.29) is 5.75 Å². The van der Waals surface area contributed by atoms with Crippen molar-refractivity contribution in [2.45, 2.75) is 6.42 Å². The molecule has 0 saturated heterocycles. The van der Waals surface area contributed by atoms with E-state index in [1.807, 2.05) is 72.8 Å². The third kappa shape index (κ3) is 4.18. The zero-order valence-corrected chi connectivity index (χ0v) is 18.9. The summed E-state index contributed by atoms with van der Waals surface area (Å²) in [5.41, 5.74) is 8.18. The average molecular weight is 455 g/mol. The Balaban J connectivity index is 1.37. The highest BCUT2D eigenvalue weighted by atomic mass is 16.3. The van der Waals surface area contributed by atoms with Gasteiger partial charge in [0, 0.05) is 17.3 Å². The van der Waals surface area contributed by atoms with Crippen LogP contribution in [0.15, 0.2) is 120 Å². The number of aromatic hydroxyl groups is 1. The van der Waals surface area contributed by atoms with Crippen molar-refractivity contribution in [2.24, 2.45) is 0 Å². The lowest BCUT2D eigenvalue weighted by molar-refractivity contribution is 0.473. The molecule has 0 bridgehead atoms. The molecule has 2 heterocycles. The number of pyridine rings is 1. The van der Waals surface area contributed by atoms with Crippen LogP contribution in [-0.2, 0) is 6.42 Å². The van der Waals surface area contributed by atoms with Gasteiger partial charge in [-0.3, -0.25) is 4.98 Å². The first kappa shape index (κ1) is 20.9. The second-order valence-corrected chi connectivity index (χ2v) is 8.48. The Morgan fingerprint density at radius 1 is 0.657 bits per heavy atom. The Hall–Kier alpha value is -4.70. The Kier molecular flexibility index (Phi) is 5.32. The first-order valence-electron chi connectivity index (χ1n) is 11.5. The van der Waals surface area contributed by atoms with Crippen LogP contribution < -0.4 is 0 Å². The first-order valence-corrected chi connectivity index (χ1v) is 11.5. The predicted molar refractivity (Wildman–Crippen MR) is 139 cm³/mol. The summed E-state index contributed by atoms with van der Waals surface area (Å²) in [5, 5.41) is 10.8. The maximum atomic E-state index is 10.8. The highest BCUT2D eigenvalue weighted by Gasteiger charge is 2.16. The van der Waals surface area contributed by atoms with Crippen LogP contribution in [-0.4, -0.2) is 15.1 Å². The molecule has 0 atom stereocenters. The van der Waals surface area contributed by atoms with Gasteiger partial charge < -0.3 is 9.52 Å². The number of phenolic OH excluding ortho intramolecular Hbond substituents is 1. The lowest BCUT2D eigenvalue weighted by Crippen LogP contribution is -1.89. The molecule has 0 fully saturated rings. The Bertz CT molecular complexity index is 1620. The minimum absolute atomic E-state index is 0.156. The number of hydrogen-bond donors (Lipinski definition) is 1. The Morgan fingerprint density at radius 3 is 2.31 bits per heavy atom. The summed E-state index contributed by atoms with van der Waals surface area (Å²) < 4.78 is 6.09. The van der Waals surface area contributed by atoms with Crippen LogP contribution >= 0.6 is 0 Å². The molecule has 0 aliphatic heterocycles. The lowest BCUT2D eigenvalue weighted by Gasteiger charge is -2.06. The summed E-state index contributed by atoms with van der Waals surface area (Å²) in [6.45, 7) is 0. The van der Waals surface area contributed by atoms with Crippen molar-refractivity contribution in [3.8, 4) is 39.6 Å². The normalized spacial score (nSPS) is 11.1. The molecule has 35 heavy (non-hydrogen) atoms. The van der Waals surface area contributed by atoms with E-state index in [2.05, 4.69) is 35.3 Å². The number of fused-ring (bicyclic) bond motifs is 1. The molecule has 6 rings (SSSR count). The number of hydrogen-bond acceptors (Lipinski definition) is 4. The van der Waals surface area contributed by atoms with Crippen LogP contribution in [0, 0.1) is 0 Å². The molecule has 0 saturated carbocycles. The second-order valence-electron chi connectivity index (χ2n) is 8.48. The highest BCUT2D eigenvalue weighted by molar-refractivity contribution is 5.93. The van der Waals surface area contributed by atoms with E-state index in [1.165, 1.54) is 5.56 Å². The molecule has 0 spiro atoms. The fourth-order valence-electron chi connectivity index (χ4n) is 4.38. The summed E-state index contributed by atoms with van der Waals surface area (Å²) in [4.78, 5) is 9.26. The number of aromatic nitrogens is 2. The van der Waals surface area contributed by atoms with E-state index in [1.54, 1.807) is 12.3 Å². The molecule has 6 aromatic rings. The van der Waals surface area contributed by atoms with Crippen molar-refractivity contribution in [3.05, 3.63) is 127 Å². The molecule has 4 nitrogen and oxygen atoms in total. The van der Waals surface area contributed by atoms with Crippen molar-refractivity contribution >= 4 is 11.1 Å². The third-order valence-corrected chi connectivity index (χ3v) is 6.10. The van der Waals surface area contributed by atoms with Gasteiger partial charge in [0.05, 0.1) is 11.3 Å². The van der Waals surface area contributed by atoms with E-state index in [9.17, 15) is 5.11 Å². The topological polar surface area (TPSA) is 59.2 Å². The monoisotopic (exact) mass is 454 g/mol. The number of nitrogens with zero attached hydrogens (tertiary/aromatic N) is 2. The molecule has 168 valence electrons. The van der Waals surface area contributed by atoms with Crippen LogP contribution in [0.3, 0.4) is 0 Å². The van der Waals surface area contributed by atoms with E-state index < -0.39 is 0 Å².